The topological polar surface area (TPSA) is 49.4 Å². The molecule has 1 N–H and O–H groups in total. The van der Waals surface area contributed by atoms with Crippen LogP contribution >= 0.6 is 0 Å². The number of nitrogens with zero attached hydrogens (tertiary/aromatic N) is 1. The van der Waals surface area contributed by atoms with Crippen molar-refractivity contribution in [3.05, 3.63) is 0 Å². The highest BCUT2D eigenvalue weighted by Crippen LogP contribution is 2.24. The monoisotopic (exact) mass is 320 g/mol. The fourth-order valence-corrected chi connectivity index (χ4v) is 3.52. The first-order valence-electron chi connectivity index (χ1n) is 8.49. The number of hydrogen-bond donors (Lipinski definition) is 1. The molecule has 0 aromatic heterocycles. The van der Waals surface area contributed by atoms with E-state index in [4.69, 9.17) is 0 Å². The lowest BCUT2D eigenvalue weighted by molar-refractivity contribution is 0.324. The summed E-state index contributed by atoms with van der Waals surface area (Å²) in [7, 11) is -0.197. The van der Waals surface area contributed by atoms with Crippen molar-refractivity contribution in [2.45, 2.75) is 90.5 Å². The van der Waals surface area contributed by atoms with Gasteiger partial charge in [0.25, 0.3) is 10.2 Å². The van der Waals surface area contributed by atoms with Gasteiger partial charge in [-0.05, 0) is 19.8 Å². The molecular weight excluding hydrogens is 284 g/mol. The van der Waals surface area contributed by atoms with Crippen molar-refractivity contribution < 1.29 is 8.42 Å². The summed E-state index contributed by atoms with van der Waals surface area (Å²) in [6.45, 7) is 6.45. The van der Waals surface area contributed by atoms with E-state index >= 15 is 0 Å². The summed E-state index contributed by atoms with van der Waals surface area (Å²) < 4.78 is 28.5. The minimum absolute atomic E-state index is 0.315. The van der Waals surface area contributed by atoms with E-state index in [1.807, 2.05) is 0 Å². The fourth-order valence-electron chi connectivity index (χ4n) is 2.51. The lowest BCUT2D eigenvalue weighted by Gasteiger charge is -2.32. The average molecular weight is 321 g/mol. The zero-order valence-electron chi connectivity index (χ0n) is 14.7. The van der Waals surface area contributed by atoms with Gasteiger partial charge < -0.3 is 0 Å². The predicted molar refractivity (Wildman–Crippen MR) is 91.7 cm³/mol. The Morgan fingerprint density at radius 2 is 1.29 bits per heavy atom. The van der Waals surface area contributed by atoms with Crippen molar-refractivity contribution >= 4 is 10.2 Å². The molecule has 0 rings (SSSR count). The summed E-state index contributed by atoms with van der Waals surface area (Å²) in [5.74, 6) is 0. The Morgan fingerprint density at radius 3 is 1.62 bits per heavy atom. The van der Waals surface area contributed by atoms with Gasteiger partial charge in [-0.15, -0.1) is 0 Å². The van der Waals surface area contributed by atoms with E-state index in [-0.39, 0.29) is 5.54 Å². The van der Waals surface area contributed by atoms with Crippen LogP contribution < -0.4 is 4.72 Å². The van der Waals surface area contributed by atoms with Crippen molar-refractivity contribution in [3.63, 3.8) is 0 Å². The molecule has 0 heterocycles. The second-order valence-corrected chi connectivity index (χ2v) is 8.46. The lowest BCUT2D eigenvalue weighted by Crippen LogP contribution is -2.50. The average Bonchev–Trinajstić information content (AvgIpc) is 2.39. The summed E-state index contributed by atoms with van der Waals surface area (Å²) in [6, 6.07) is 0. The zero-order valence-corrected chi connectivity index (χ0v) is 15.6. The molecule has 0 aliphatic heterocycles. The first-order chi connectivity index (χ1) is 9.77. The van der Waals surface area contributed by atoms with Crippen molar-refractivity contribution in [1.82, 2.24) is 9.03 Å². The van der Waals surface area contributed by atoms with Gasteiger partial charge in [0.1, 0.15) is 0 Å². The van der Waals surface area contributed by atoms with Crippen molar-refractivity contribution in [2.75, 3.05) is 14.1 Å². The molecule has 0 saturated heterocycles. The van der Waals surface area contributed by atoms with Crippen LogP contribution in [0.3, 0.4) is 0 Å². The molecule has 0 unspecified atom stereocenters. The molecule has 21 heavy (non-hydrogen) atoms. The smallest absolute Gasteiger partial charge is 0.196 e. The van der Waals surface area contributed by atoms with Gasteiger partial charge in [0.2, 0.25) is 0 Å². The van der Waals surface area contributed by atoms with Gasteiger partial charge in [-0.2, -0.15) is 17.4 Å². The minimum Gasteiger partial charge on any atom is -0.196 e. The van der Waals surface area contributed by atoms with Crippen LogP contribution in [0.1, 0.15) is 85.0 Å². The Kier molecular flexibility index (Phi) is 10.5. The highest BCUT2D eigenvalue weighted by Gasteiger charge is 2.29. The van der Waals surface area contributed by atoms with Crippen LogP contribution in [0.5, 0.6) is 0 Å². The molecule has 0 aliphatic rings. The van der Waals surface area contributed by atoms with E-state index in [0.717, 1.165) is 25.7 Å². The molecule has 0 spiro atoms. The molecule has 0 bridgehead atoms. The predicted octanol–water partition coefficient (Wildman–Crippen LogP) is 4.08. The number of rotatable bonds is 13. The fraction of sp³-hybridized carbons (Fsp3) is 1.00. The second-order valence-electron chi connectivity index (χ2n) is 6.57. The van der Waals surface area contributed by atoms with Crippen molar-refractivity contribution in [3.8, 4) is 0 Å². The normalized spacial score (nSPS) is 13.0. The van der Waals surface area contributed by atoms with Gasteiger partial charge in [0.05, 0.1) is 0 Å². The first kappa shape index (κ1) is 20.9. The molecule has 0 radical (unpaired) electrons. The molecule has 5 heteroatoms. The lowest BCUT2D eigenvalue weighted by atomic mass is 9.89. The summed E-state index contributed by atoms with van der Waals surface area (Å²) >= 11 is 0. The van der Waals surface area contributed by atoms with Crippen molar-refractivity contribution in [2.24, 2.45) is 0 Å². The van der Waals surface area contributed by atoms with Crippen LogP contribution in [0, 0.1) is 0 Å². The van der Waals surface area contributed by atoms with E-state index in [1.165, 1.54) is 42.8 Å². The van der Waals surface area contributed by atoms with Crippen molar-refractivity contribution in [1.29, 1.82) is 0 Å². The number of nitrogens with one attached hydrogen (secondary N) is 1. The Labute approximate surface area is 132 Å². The molecular formula is C16H36N2O2S. The third-order valence-corrected chi connectivity index (χ3v) is 5.73. The van der Waals surface area contributed by atoms with Crippen LogP contribution in [-0.4, -0.2) is 32.4 Å². The maximum atomic E-state index is 12.1. The summed E-state index contributed by atoms with van der Waals surface area (Å²) in [5, 5.41) is 0. The highest BCUT2D eigenvalue weighted by atomic mass is 32.2. The van der Waals surface area contributed by atoms with E-state index in [1.54, 1.807) is 14.1 Å². The van der Waals surface area contributed by atoms with Gasteiger partial charge in [-0.25, -0.2) is 0 Å². The minimum atomic E-state index is -3.36. The molecule has 0 atom stereocenters. The Hall–Kier alpha value is -0.130. The summed E-state index contributed by atoms with van der Waals surface area (Å²) in [4.78, 5) is 0. The van der Waals surface area contributed by atoms with E-state index in [2.05, 4.69) is 25.5 Å². The highest BCUT2D eigenvalue weighted by molar-refractivity contribution is 7.87. The Balaban J connectivity index is 4.58. The maximum absolute atomic E-state index is 12.1. The Morgan fingerprint density at radius 1 is 0.857 bits per heavy atom. The molecule has 0 amide bonds. The number of hydrogen-bond acceptors (Lipinski definition) is 2. The van der Waals surface area contributed by atoms with Crippen LogP contribution in [0.15, 0.2) is 0 Å². The standard InChI is InChI=1S/C16H36N2O2S/c1-6-8-10-12-14-16(3,15-13-11-9-7-2)17-21(19,20)18(4)5/h17H,6-15H2,1-5H3. The number of unbranched alkanes of at least 4 members (excludes halogenated alkanes) is 6. The molecule has 0 saturated carbocycles. The van der Waals surface area contributed by atoms with Gasteiger partial charge in [0.15, 0.2) is 0 Å². The Bertz CT molecular complexity index is 341. The SMILES string of the molecule is CCCCCCC(C)(CCCCCC)NS(=O)(=O)N(C)C. The van der Waals surface area contributed by atoms with E-state index in [0.29, 0.717) is 0 Å². The summed E-state index contributed by atoms with van der Waals surface area (Å²) in [6.07, 6.45) is 11.3. The maximum Gasteiger partial charge on any atom is 0.279 e. The van der Waals surface area contributed by atoms with Gasteiger partial charge in [-0.1, -0.05) is 65.2 Å². The van der Waals surface area contributed by atoms with Crippen LogP contribution in [-0.2, 0) is 10.2 Å². The largest absolute Gasteiger partial charge is 0.279 e. The molecule has 0 fully saturated rings. The van der Waals surface area contributed by atoms with Gasteiger partial charge >= 0.3 is 0 Å². The molecule has 0 aromatic carbocycles. The summed E-state index contributed by atoms with van der Waals surface area (Å²) in [5.41, 5.74) is -0.315. The van der Waals surface area contributed by atoms with Crippen LogP contribution in [0.25, 0.3) is 0 Å². The molecule has 0 aliphatic carbocycles. The molecule has 128 valence electrons. The molecule has 0 aromatic rings. The third-order valence-electron chi connectivity index (χ3n) is 4.02. The molecule has 4 nitrogen and oxygen atoms in total. The zero-order chi connectivity index (χ0) is 16.4. The van der Waals surface area contributed by atoms with Crippen LogP contribution in [0.2, 0.25) is 0 Å². The third kappa shape index (κ3) is 9.48. The van der Waals surface area contributed by atoms with E-state index in [9.17, 15) is 8.42 Å². The van der Waals surface area contributed by atoms with E-state index < -0.39 is 10.2 Å². The van der Waals surface area contributed by atoms with Crippen LogP contribution in [0.4, 0.5) is 0 Å². The van der Waals surface area contributed by atoms with Gasteiger partial charge in [0, 0.05) is 19.6 Å². The van der Waals surface area contributed by atoms with Gasteiger partial charge in [-0.3, -0.25) is 0 Å². The second kappa shape index (κ2) is 10.6. The quantitative estimate of drug-likeness (QED) is 0.520. The first-order valence-corrected chi connectivity index (χ1v) is 9.93.